The van der Waals surface area contributed by atoms with Gasteiger partial charge in [-0.15, -0.1) is 0 Å². The molecule has 0 fully saturated rings. The van der Waals surface area contributed by atoms with Crippen molar-refractivity contribution in [3.05, 3.63) is 22.4 Å². The lowest BCUT2D eigenvalue weighted by atomic mass is 10.3. The molecule has 0 radical (unpaired) electrons. The number of halogens is 1. The fraction of sp³-hybridized carbons (Fsp3) is 0.222. The Hall–Kier alpha value is -1.01. The summed E-state index contributed by atoms with van der Waals surface area (Å²) in [6, 6.07) is 3.59. The number of rotatable bonds is 0. The smallest absolute Gasteiger partial charge is 0.137 e. The van der Waals surface area contributed by atoms with Crippen molar-refractivity contribution in [2.24, 2.45) is 0 Å². The molecule has 0 saturated carbocycles. The molecule has 1 rings (SSSR count). The summed E-state index contributed by atoms with van der Waals surface area (Å²) in [6.07, 6.45) is 0.813. The maximum absolute atomic E-state index is 5.64. The molecule has 2 N–H and O–H groups in total. The molecular weight excluding hydrogens is 216 g/mol. The third-order valence-electron chi connectivity index (χ3n) is 1.28. The second kappa shape index (κ2) is 4.13. The minimum atomic E-state index is 0.624. The van der Waals surface area contributed by atoms with Gasteiger partial charge in [0, 0.05) is 6.42 Å². The SMILES string of the molecule is CCC#Cc1nc(Br)ccc1N. The number of nitrogens with zero attached hydrogens (tertiary/aromatic N) is 1. The minimum Gasteiger partial charge on any atom is -0.396 e. The van der Waals surface area contributed by atoms with Gasteiger partial charge >= 0.3 is 0 Å². The van der Waals surface area contributed by atoms with Crippen LogP contribution in [0.3, 0.4) is 0 Å². The molecule has 0 unspecified atom stereocenters. The summed E-state index contributed by atoms with van der Waals surface area (Å²) in [5, 5.41) is 0. The number of anilines is 1. The van der Waals surface area contributed by atoms with Crippen molar-refractivity contribution < 1.29 is 0 Å². The van der Waals surface area contributed by atoms with E-state index >= 15 is 0 Å². The van der Waals surface area contributed by atoms with Gasteiger partial charge in [0.2, 0.25) is 0 Å². The summed E-state index contributed by atoms with van der Waals surface area (Å²) in [5.74, 6) is 5.81. The van der Waals surface area contributed by atoms with Gasteiger partial charge in [-0.1, -0.05) is 12.8 Å². The molecule has 3 heteroatoms. The lowest BCUT2D eigenvalue weighted by Crippen LogP contribution is -1.93. The summed E-state index contributed by atoms with van der Waals surface area (Å²) in [5.41, 5.74) is 6.91. The summed E-state index contributed by atoms with van der Waals surface area (Å²) >= 11 is 3.25. The average Bonchev–Trinajstić information content (AvgIpc) is 2.07. The number of aromatic nitrogens is 1. The monoisotopic (exact) mass is 224 g/mol. The number of nitrogen functional groups attached to an aromatic ring is 1. The Kier molecular flexibility index (Phi) is 3.12. The molecule has 1 aromatic rings. The van der Waals surface area contributed by atoms with Gasteiger partial charge in [-0.3, -0.25) is 0 Å². The van der Waals surface area contributed by atoms with E-state index in [4.69, 9.17) is 5.73 Å². The van der Waals surface area contributed by atoms with Gasteiger partial charge in [0.1, 0.15) is 10.3 Å². The molecule has 0 aliphatic heterocycles. The largest absolute Gasteiger partial charge is 0.396 e. The molecular formula is C9H9BrN2. The van der Waals surface area contributed by atoms with Gasteiger partial charge in [0.05, 0.1) is 5.69 Å². The van der Waals surface area contributed by atoms with Crippen LogP contribution in [0, 0.1) is 11.8 Å². The molecule has 0 aromatic carbocycles. The highest BCUT2D eigenvalue weighted by Gasteiger charge is 1.96. The molecule has 0 spiro atoms. The molecule has 1 aromatic heterocycles. The van der Waals surface area contributed by atoms with Gasteiger partial charge in [0.25, 0.3) is 0 Å². The molecule has 0 atom stereocenters. The van der Waals surface area contributed by atoms with Crippen LogP contribution in [0.5, 0.6) is 0 Å². The minimum absolute atomic E-state index is 0.624. The zero-order chi connectivity index (χ0) is 8.97. The first kappa shape index (κ1) is 9.08. The zero-order valence-corrected chi connectivity index (χ0v) is 8.35. The standard InChI is InChI=1S/C9H9BrN2/c1-2-3-4-8-7(11)5-6-9(10)12-8/h5-6H,2,11H2,1H3. The number of hydrogen-bond donors (Lipinski definition) is 1. The lowest BCUT2D eigenvalue weighted by Gasteiger charge is -1.96. The maximum atomic E-state index is 5.64. The van der Waals surface area contributed by atoms with E-state index in [1.165, 1.54) is 0 Å². The van der Waals surface area contributed by atoms with Crippen LogP contribution in [-0.4, -0.2) is 4.98 Å². The van der Waals surface area contributed by atoms with Gasteiger partial charge < -0.3 is 5.73 Å². The Balaban J connectivity index is 3.05. The van der Waals surface area contributed by atoms with Gasteiger partial charge in [0.15, 0.2) is 0 Å². The van der Waals surface area contributed by atoms with E-state index in [2.05, 4.69) is 32.8 Å². The van der Waals surface area contributed by atoms with Crippen molar-refractivity contribution in [3.63, 3.8) is 0 Å². The molecule has 0 aliphatic rings. The third-order valence-corrected chi connectivity index (χ3v) is 1.72. The molecule has 0 saturated heterocycles. The Morgan fingerprint density at radius 3 is 3.00 bits per heavy atom. The van der Waals surface area contributed by atoms with Crippen LogP contribution in [0.4, 0.5) is 5.69 Å². The normalized spacial score (nSPS) is 8.83. The second-order valence-electron chi connectivity index (χ2n) is 2.23. The molecule has 1 heterocycles. The van der Waals surface area contributed by atoms with E-state index < -0.39 is 0 Å². The van der Waals surface area contributed by atoms with Crippen LogP contribution in [-0.2, 0) is 0 Å². The highest BCUT2D eigenvalue weighted by Crippen LogP contribution is 2.12. The van der Waals surface area contributed by atoms with Crippen molar-refractivity contribution in [3.8, 4) is 11.8 Å². The number of hydrogen-bond acceptors (Lipinski definition) is 2. The average molecular weight is 225 g/mol. The van der Waals surface area contributed by atoms with E-state index in [9.17, 15) is 0 Å². The molecule has 0 bridgehead atoms. The van der Waals surface area contributed by atoms with Gasteiger partial charge in [-0.2, -0.15) is 0 Å². The summed E-state index contributed by atoms with van der Waals surface area (Å²) in [7, 11) is 0. The molecule has 12 heavy (non-hydrogen) atoms. The third kappa shape index (κ3) is 2.24. The first-order chi connectivity index (χ1) is 5.74. The van der Waals surface area contributed by atoms with E-state index in [1.807, 2.05) is 6.92 Å². The molecule has 0 aliphatic carbocycles. The van der Waals surface area contributed by atoms with Crippen molar-refractivity contribution >= 4 is 21.6 Å². The van der Waals surface area contributed by atoms with Crippen LogP contribution in [0.15, 0.2) is 16.7 Å². The first-order valence-corrected chi connectivity index (χ1v) is 4.44. The molecule has 0 amide bonds. The first-order valence-electron chi connectivity index (χ1n) is 3.65. The Morgan fingerprint density at radius 1 is 1.58 bits per heavy atom. The fourth-order valence-electron chi connectivity index (χ4n) is 0.718. The van der Waals surface area contributed by atoms with E-state index in [0.717, 1.165) is 11.0 Å². The lowest BCUT2D eigenvalue weighted by molar-refractivity contribution is 1.23. The molecule has 2 nitrogen and oxygen atoms in total. The predicted molar refractivity (Wildman–Crippen MR) is 53.5 cm³/mol. The van der Waals surface area contributed by atoms with Gasteiger partial charge in [-0.05, 0) is 34.0 Å². The summed E-state index contributed by atoms with van der Waals surface area (Å²) in [4.78, 5) is 4.13. The fourth-order valence-corrected chi connectivity index (χ4v) is 1.03. The maximum Gasteiger partial charge on any atom is 0.137 e. The summed E-state index contributed by atoms with van der Waals surface area (Å²) < 4.78 is 0.761. The van der Waals surface area contributed by atoms with Crippen molar-refractivity contribution in [2.45, 2.75) is 13.3 Å². The summed E-state index contributed by atoms with van der Waals surface area (Å²) in [6.45, 7) is 1.99. The van der Waals surface area contributed by atoms with E-state index in [0.29, 0.717) is 11.4 Å². The Bertz CT molecular complexity index is 336. The molecule has 62 valence electrons. The van der Waals surface area contributed by atoms with Crippen LogP contribution in [0.25, 0.3) is 0 Å². The predicted octanol–water partition coefficient (Wildman–Crippen LogP) is 2.19. The second-order valence-corrected chi connectivity index (χ2v) is 3.04. The van der Waals surface area contributed by atoms with Gasteiger partial charge in [-0.25, -0.2) is 4.98 Å². The van der Waals surface area contributed by atoms with Crippen LogP contribution in [0.1, 0.15) is 19.0 Å². The quantitative estimate of drug-likeness (QED) is 0.543. The highest BCUT2D eigenvalue weighted by atomic mass is 79.9. The Labute approximate surface area is 80.3 Å². The van der Waals surface area contributed by atoms with Crippen molar-refractivity contribution in [2.75, 3.05) is 5.73 Å². The van der Waals surface area contributed by atoms with Crippen LogP contribution < -0.4 is 5.73 Å². The van der Waals surface area contributed by atoms with E-state index in [1.54, 1.807) is 12.1 Å². The number of pyridine rings is 1. The highest BCUT2D eigenvalue weighted by molar-refractivity contribution is 9.10. The van der Waals surface area contributed by atoms with Crippen molar-refractivity contribution in [1.82, 2.24) is 4.98 Å². The number of nitrogens with two attached hydrogens (primary N) is 1. The van der Waals surface area contributed by atoms with Crippen molar-refractivity contribution in [1.29, 1.82) is 0 Å². The topological polar surface area (TPSA) is 38.9 Å². The Morgan fingerprint density at radius 2 is 2.33 bits per heavy atom. The van der Waals surface area contributed by atoms with Crippen LogP contribution >= 0.6 is 15.9 Å². The van der Waals surface area contributed by atoms with E-state index in [-0.39, 0.29) is 0 Å². The zero-order valence-electron chi connectivity index (χ0n) is 6.76. The van der Waals surface area contributed by atoms with Crippen LogP contribution in [0.2, 0.25) is 0 Å².